The Morgan fingerprint density at radius 3 is 2.16 bits per heavy atom. The fourth-order valence-electron chi connectivity index (χ4n) is 2.11. The number of hydrogen-bond donors (Lipinski definition) is 2. The lowest BCUT2D eigenvalue weighted by Crippen LogP contribution is -2.45. The highest BCUT2D eigenvalue weighted by atomic mass is 16.6. The molecule has 138 valence electrons. The third kappa shape index (κ3) is 8.19. The summed E-state index contributed by atoms with van der Waals surface area (Å²) >= 11 is 0. The van der Waals surface area contributed by atoms with Gasteiger partial charge in [-0.15, -0.1) is 0 Å². The Balaban J connectivity index is 2.73. The maximum atomic E-state index is 11.9. The second kappa shape index (κ2) is 9.05. The molecule has 0 unspecified atom stereocenters. The van der Waals surface area contributed by atoms with Crippen molar-refractivity contribution in [1.82, 2.24) is 5.32 Å². The van der Waals surface area contributed by atoms with Gasteiger partial charge in [0.2, 0.25) is 0 Å². The van der Waals surface area contributed by atoms with Crippen molar-refractivity contribution < 1.29 is 29.0 Å². The minimum absolute atomic E-state index is 0.0599. The van der Waals surface area contributed by atoms with Crippen LogP contribution in [0.2, 0.25) is 0 Å². The fraction of sp³-hybridized carbons (Fsp3) is 0.500. The minimum Gasteiger partial charge on any atom is -0.481 e. The highest BCUT2D eigenvalue weighted by molar-refractivity contribution is 5.81. The highest BCUT2D eigenvalue weighted by Crippen LogP contribution is 2.11. The van der Waals surface area contributed by atoms with E-state index in [1.807, 2.05) is 0 Å². The van der Waals surface area contributed by atoms with E-state index >= 15 is 0 Å². The predicted octanol–water partition coefficient (Wildman–Crippen LogP) is 2.31. The van der Waals surface area contributed by atoms with Crippen LogP contribution in [-0.2, 0) is 31.9 Å². The SMILES string of the molecule is COC(=O)[C@H](Cc1ccc(CCC(=O)O)cc1)NC(=O)OC(C)(C)C. The first-order valence-electron chi connectivity index (χ1n) is 7.97. The molecule has 0 aliphatic heterocycles. The summed E-state index contributed by atoms with van der Waals surface area (Å²) < 4.78 is 9.89. The maximum absolute atomic E-state index is 11.9. The van der Waals surface area contributed by atoms with E-state index in [-0.39, 0.29) is 12.8 Å². The zero-order chi connectivity index (χ0) is 19.0. The summed E-state index contributed by atoms with van der Waals surface area (Å²) in [4.78, 5) is 34.4. The number of amides is 1. The van der Waals surface area contributed by atoms with E-state index in [2.05, 4.69) is 5.32 Å². The Morgan fingerprint density at radius 2 is 1.68 bits per heavy atom. The molecule has 7 nitrogen and oxygen atoms in total. The number of carboxylic acid groups (broad SMARTS) is 1. The Kier molecular flexibility index (Phi) is 7.42. The third-order valence-electron chi connectivity index (χ3n) is 3.27. The molecule has 1 aromatic rings. The zero-order valence-corrected chi connectivity index (χ0v) is 15.0. The Morgan fingerprint density at radius 1 is 1.12 bits per heavy atom. The normalized spacial score (nSPS) is 12.2. The summed E-state index contributed by atoms with van der Waals surface area (Å²) in [6.45, 7) is 5.20. The van der Waals surface area contributed by atoms with Crippen LogP contribution < -0.4 is 5.32 Å². The smallest absolute Gasteiger partial charge is 0.408 e. The van der Waals surface area contributed by atoms with Crippen molar-refractivity contribution in [2.75, 3.05) is 7.11 Å². The summed E-state index contributed by atoms with van der Waals surface area (Å²) in [5.41, 5.74) is 1.03. The average molecular weight is 351 g/mol. The molecular weight excluding hydrogens is 326 g/mol. The topological polar surface area (TPSA) is 102 Å². The van der Waals surface area contributed by atoms with Gasteiger partial charge in [0.05, 0.1) is 7.11 Å². The van der Waals surface area contributed by atoms with Crippen LogP contribution in [0.1, 0.15) is 38.3 Å². The Hall–Kier alpha value is -2.57. The van der Waals surface area contributed by atoms with Gasteiger partial charge in [-0.1, -0.05) is 24.3 Å². The lowest BCUT2D eigenvalue weighted by molar-refractivity contribution is -0.143. The van der Waals surface area contributed by atoms with Gasteiger partial charge in [0.1, 0.15) is 11.6 Å². The first kappa shape index (κ1) is 20.5. The summed E-state index contributed by atoms with van der Waals surface area (Å²) in [5.74, 6) is -1.42. The summed E-state index contributed by atoms with van der Waals surface area (Å²) in [7, 11) is 1.25. The summed E-state index contributed by atoms with van der Waals surface area (Å²) in [6, 6.07) is 6.33. The molecule has 7 heteroatoms. The molecule has 0 fully saturated rings. The molecule has 0 saturated heterocycles. The molecule has 25 heavy (non-hydrogen) atoms. The first-order chi connectivity index (χ1) is 11.6. The molecule has 0 saturated carbocycles. The number of carbonyl (C=O) groups excluding carboxylic acids is 2. The highest BCUT2D eigenvalue weighted by Gasteiger charge is 2.25. The monoisotopic (exact) mass is 351 g/mol. The molecular formula is C18H25NO6. The molecule has 0 heterocycles. The van der Waals surface area contributed by atoms with Crippen LogP contribution in [0.15, 0.2) is 24.3 Å². The molecule has 1 aromatic carbocycles. The molecule has 0 aromatic heterocycles. The van der Waals surface area contributed by atoms with Gasteiger partial charge in [-0.05, 0) is 38.3 Å². The van der Waals surface area contributed by atoms with Gasteiger partial charge in [0.15, 0.2) is 0 Å². The maximum Gasteiger partial charge on any atom is 0.408 e. The number of aryl methyl sites for hydroxylation is 1. The number of carboxylic acids is 1. The first-order valence-corrected chi connectivity index (χ1v) is 7.97. The quantitative estimate of drug-likeness (QED) is 0.731. The van der Waals surface area contributed by atoms with Crippen molar-refractivity contribution in [1.29, 1.82) is 0 Å². The van der Waals surface area contributed by atoms with E-state index in [1.165, 1.54) is 7.11 Å². The van der Waals surface area contributed by atoms with Crippen LogP contribution in [0.5, 0.6) is 0 Å². The molecule has 1 atom stereocenters. The Bertz CT molecular complexity index is 603. The van der Waals surface area contributed by atoms with Gasteiger partial charge in [-0.3, -0.25) is 4.79 Å². The number of methoxy groups -OCH3 is 1. The average Bonchev–Trinajstić information content (AvgIpc) is 2.51. The van der Waals surface area contributed by atoms with Gasteiger partial charge in [-0.2, -0.15) is 0 Å². The van der Waals surface area contributed by atoms with Crippen LogP contribution in [0.3, 0.4) is 0 Å². The molecule has 0 radical (unpaired) electrons. The number of carbonyl (C=O) groups is 3. The van der Waals surface area contributed by atoms with E-state index < -0.39 is 29.7 Å². The molecule has 0 bridgehead atoms. The van der Waals surface area contributed by atoms with E-state index in [0.717, 1.165) is 11.1 Å². The molecule has 2 N–H and O–H groups in total. The van der Waals surface area contributed by atoms with Crippen LogP contribution in [0.25, 0.3) is 0 Å². The minimum atomic E-state index is -0.871. The number of ether oxygens (including phenoxy) is 2. The second-order valence-corrected chi connectivity index (χ2v) is 6.64. The molecule has 0 spiro atoms. The van der Waals surface area contributed by atoms with Crippen LogP contribution in [0.4, 0.5) is 4.79 Å². The number of hydrogen-bond acceptors (Lipinski definition) is 5. The van der Waals surface area contributed by atoms with Crippen molar-refractivity contribution in [3.8, 4) is 0 Å². The number of rotatable bonds is 7. The number of nitrogens with one attached hydrogen (secondary N) is 1. The number of esters is 1. The number of benzene rings is 1. The lowest BCUT2D eigenvalue weighted by Gasteiger charge is -2.22. The van der Waals surface area contributed by atoms with Gasteiger partial charge in [0.25, 0.3) is 0 Å². The lowest BCUT2D eigenvalue weighted by atomic mass is 10.0. The van der Waals surface area contributed by atoms with Crippen molar-refractivity contribution >= 4 is 18.0 Å². The molecule has 1 amide bonds. The van der Waals surface area contributed by atoms with Gasteiger partial charge in [0, 0.05) is 12.8 Å². The van der Waals surface area contributed by atoms with Crippen molar-refractivity contribution in [3.63, 3.8) is 0 Å². The largest absolute Gasteiger partial charge is 0.481 e. The number of aliphatic carboxylic acids is 1. The fourth-order valence-corrected chi connectivity index (χ4v) is 2.11. The molecule has 0 aliphatic rings. The van der Waals surface area contributed by atoms with Crippen molar-refractivity contribution in [2.24, 2.45) is 0 Å². The van der Waals surface area contributed by atoms with Crippen molar-refractivity contribution in [3.05, 3.63) is 35.4 Å². The van der Waals surface area contributed by atoms with E-state index in [0.29, 0.717) is 6.42 Å². The van der Waals surface area contributed by atoms with Gasteiger partial charge >= 0.3 is 18.0 Å². The van der Waals surface area contributed by atoms with Gasteiger partial charge in [-0.25, -0.2) is 9.59 Å². The predicted molar refractivity (Wildman–Crippen MR) is 91.3 cm³/mol. The Labute approximate surface area is 147 Å². The standard InChI is InChI=1S/C18H25NO6/c1-18(2,3)25-17(23)19-14(16(22)24-4)11-13-7-5-12(6-8-13)9-10-15(20)21/h5-8,14H,9-11H2,1-4H3,(H,19,23)(H,20,21)/t14-/m0/s1. The van der Waals surface area contributed by atoms with E-state index in [1.54, 1.807) is 45.0 Å². The molecule has 1 rings (SSSR count). The third-order valence-corrected chi connectivity index (χ3v) is 3.27. The van der Waals surface area contributed by atoms with E-state index in [9.17, 15) is 14.4 Å². The summed E-state index contributed by atoms with van der Waals surface area (Å²) in [6.07, 6.45) is 0.0442. The van der Waals surface area contributed by atoms with Crippen LogP contribution in [-0.4, -0.2) is 41.9 Å². The van der Waals surface area contributed by atoms with Gasteiger partial charge < -0.3 is 19.9 Å². The van der Waals surface area contributed by atoms with E-state index in [4.69, 9.17) is 14.6 Å². The molecule has 0 aliphatic carbocycles. The zero-order valence-electron chi connectivity index (χ0n) is 15.0. The second-order valence-electron chi connectivity index (χ2n) is 6.64. The summed E-state index contributed by atoms with van der Waals surface area (Å²) in [5, 5.41) is 11.2. The number of alkyl carbamates (subject to hydrolysis) is 1. The van der Waals surface area contributed by atoms with Crippen LogP contribution in [0, 0.1) is 0 Å². The van der Waals surface area contributed by atoms with Crippen molar-refractivity contribution in [2.45, 2.75) is 51.7 Å². The van der Waals surface area contributed by atoms with Crippen LogP contribution >= 0.6 is 0 Å².